The van der Waals surface area contributed by atoms with Gasteiger partial charge in [0.2, 0.25) is 5.78 Å². The van der Waals surface area contributed by atoms with Crippen molar-refractivity contribution in [2.45, 2.75) is 6.54 Å². The van der Waals surface area contributed by atoms with E-state index >= 15 is 0 Å². The molecule has 0 atom stereocenters. The van der Waals surface area contributed by atoms with Crippen molar-refractivity contribution >= 4 is 45.7 Å². The van der Waals surface area contributed by atoms with Crippen LogP contribution in [0.1, 0.15) is 31.5 Å². The van der Waals surface area contributed by atoms with Crippen molar-refractivity contribution in [2.24, 2.45) is 24.9 Å². The van der Waals surface area contributed by atoms with Gasteiger partial charge in [-0.1, -0.05) is 0 Å². The van der Waals surface area contributed by atoms with Crippen molar-refractivity contribution < 1.29 is 9.59 Å². The van der Waals surface area contributed by atoms with Crippen molar-refractivity contribution in [3.63, 3.8) is 0 Å². The van der Waals surface area contributed by atoms with Gasteiger partial charge in [0, 0.05) is 32.9 Å². The molecule has 0 aromatic carbocycles. The Labute approximate surface area is 170 Å². The Morgan fingerprint density at radius 2 is 2.21 bits per heavy atom. The third kappa shape index (κ3) is 3.99. The summed E-state index contributed by atoms with van der Waals surface area (Å²) in [5.74, 6) is -0.532. The van der Waals surface area contributed by atoms with Gasteiger partial charge in [0.1, 0.15) is 5.71 Å². The largest absolute Gasteiger partial charge is 0.405 e. The zero-order valence-corrected chi connectivity index (χ0v) is 17.0. The molecular formula is C18H20N8O2S. The van der Waals surface area contributed by atoms with Gasteiger partial charge in [0.15, 0.2) is 16.9 Å². The number of carbonyl (C=O) groups excluding carboxylic acids is 2. The summed E-state index contributed by atoms with van der Waals surface area (Å²) in [5.41, 5.74) is 7.32. The van der Waals surface area contributed by atoms with Gasteiger partial charge in [-0.3, -0.25) is 24.7 Å². The number of nitrogens with one attached hydrogen (secondary N) is 1. The fourth-order valence-electron chi connectivity index (χ4n) is 2.76. The topological polar surface area (TPSA) is 135 Å². The molecule has 0 aliphatic heterocycles. The maximum absolute atomic E-state index is 12.3. The molecule has 0 aliphatic carbocycles. The number of nitrogens with two attached hydrogens (primary N) is 1. The fourth-order valence-corrected chi connectivity index (χ4v) is 3.83. The molecule has 3 rings (SSSR count). The van der Waals surface area contributed by atoms with Crippen LogP contribution >= 0.6 is 11.3 Å². The number of Topliss-reactive ketones (excluding diaryl/α,β-unsaturated/α-hetero) is 1. The molecule has 3 aromatic rings. The molecule has 0 unspecified atom stereocenters. The van der Waals surface area contributed by atoms with Gasteiger partial charge < -0.3 is 10.3 Å². The number of aryl methyl sites for hydroxylation is 2. The Hall–Kier alpha value is -3.60. The molecule has 0 fully saturated rings. The lowest BCUT2D eigenvalue weighted by atomic mass is 10.2. The number of fused-ring (bicyclic) bond motifs is 1. The van der Waals surface area contributed by atoms with E-state index in [1.54, 1.807) is 34.6 Å². The maximum Gasteiger partial charge on any atom is 0.239 e. The van der Waals surface area contributed by atoms with Gasteiger partial charge in [0.05, 0.1) is 28.8 Å². The second-order valence-corrected chi connectivity index (χ2v) is 7.29. The van der Waals surface area contributed by atoms with Gasteiger partial charge in [-0.2, -0.15) is 10.2 Å². The standard InChI is InChI=1S/C18H20N8O2S/c1-24-7-5-11(23-24)9-25(2)21-8-12-14(10-27)26(3)17-16(12)29-18(22-17)15(28)13(20)4-6-19/h4-8,10,20H,9,19H2,1-3H3/b6-4-,20-13?,21-8-. The number of aromatic nitrogens is 4. The van der Waals surface area contributed by atoms with Crippen LogP contribution < -0.4 is 5.73 Å². The molecule has 0 amide bonds. The van der Waals surface area contributed by atoms with E-state index in [1.807, 2.05) is 19.3 Å². The quantitative estimate of drug-likeness (QED) is 0.248. The molecule has 3 aromatic heterocycles. The normalized spacial score (nSPS) is 11.7. The van der Waals surface area contributed by atoms with Crippen LogP contribution in [-0.2, 0) is 20.6 Å². The summed E-state index contributed by atoms with van der Waals surface area (Å²) in [5, 5.41) is 18.3. The van der Waals surface area contributed by atoms with E-state index in [1.165, 1.54) is 6.08 Å². The van der Waals surface area contributed by atoms with E-state index in [0.29, 0.717) is 28.1 Å². The number of nitrogens with zero attached hydrogens (tertiary/aromatic N) is 6. The summed E-state index contributed by atoms with van der Waals surface area (Å²) >= 11 is 1.11. The number of hydrazone groups is 1. The summed E-state index contributed by atoms with van der Waals surface area (Å²) in [7, 11) is 5.34. The van der Waals surface area contributed by atoms with Crippen molar-refractivity contribution in [2.75, 3.05) is 7.05 Å². The van der Waals surface area contributed by atoms with Crippen LogP contribution in [0.5, 0.6) is 0 Å². The third-order valence-electron chi connectivity index (χ3n) is 4.17. The number of rotatable bonds is 8. The Morgan fingerprint density at radius 3 is 2.83 bits per heavy atom. The Bertz CT molecular complexity index is 1150. The Balaban J connectivity index is 1.94. The lowest BCUT2D eigenvalue weighted by Gasteiger charge is -2.10. The van der Waals surface area contributed by atoms with Crippen molar-refractivity contribution in [1.82, 2.24) is 24.3 Å². The highest BCUT2D eigenvalue weighted by Crippen LogP contribution is 2.29. The minimum atomic E-state index is -0.532. The molecular weight excluding hydrogens is 392 g/mol. The third-order valence-corrected chi connectivity index (χ3v) is 5.24. The lowest BCUT2D eigenvalue weighted by molar-refractivity contribution is 0.106. The van der Waals surface area contributed by atoms with Gasteiger partial charge in [-0.25, -0.2) is 4.98 Å². The van der Waals surface area contributed by atoms with Crippen LogP contribution in [0.4, 0.5) is 0 Å². The van der Waals surface area contributed by atoms with E-state index in [2.05, 4.69) is 15.2 Å². The number of ketones is 1. The van der Waals surface area contributed by atoms with Crippen molar-refractivity contribution in [3.8, 4) is 0 Å². The predicted molar refractivity (Wildman–Crippen MR) is 112 cm³/mol. The molecule has 3 heterocycles. The summed E-state index contributed by atoms with van der Waals surface area (Å²) < 4.78 is 3.97. The molecule has 0 saturated heterocycles. The van der Waals surface area contributed by atoms with Crippen molar-refractivity contribution in [3.05, 3.63) is 46.5 Å². The minimum absolute atomic E-state index is 0.155. The summed E-state index contributed by atoms with van der Waals surface area (Å²) in [6, 6.07) is 1.90. The molecule has 0 aliphatic rings. The zero-order chi connectivity index (χ0) is 21.1. The number of carbonyl (C=O) groups is 2. The first kappa shape index (κ1) is 20.1. The maximum atomic E-state index is 12.3. The van der Waals surface area contributed by atoms with E-state index in [0.717, 1.165) is 29.5 Å². The first-order valence-corrected chi connectivity index (χ1v) is 9.37. The van der Waals surface area contributed by atoms with Gasteiger partial charge in [-0.15, -0.1) is 11.3 Å². The van der Waals surface area contributed by atoms with Crippen LogP contribution in [0.2, 0.25) is 0 Å². The van der Waals surface area contributed by atoms with Crippen LogP contribution in [0.15, 0.2) is 29.6 Å². The van der Waals surface area contributed by atoms with E-state index in [4.69, 9.17) is 11.1 Å². The van der Waals surface area contributed by atoms with Crippen LogP contribution in [0, 0.1) is 5.41 Å². The molecule has 150 valence electrons. The van der Waals surface area contributed by atoms with E-state index in [9.17, 15) is 9.59 Å². The second kappa shape index (κ2) is 8.19. The number of allylic oxidation sites excluding steroid dienone is 1. The molecule has 0 radical (unpaired) electrons. The Kier molecular flexibility index (Phi) is 5.69. The zero-order valence-electron chi connectivity index (χ0n) is 16.2. The number of hydrogen-bond donors (Lipinski definition) is 2. The second-order valence-electron chi connectivity index (χ2n) is 6.29. The SMILES string of the molecule is CN(Cc1ccn(C)n1)/N=C\c1c(C=O)n(C)c2nc(C(=O)C(=N)/C=C\N)sc12. The monoisotopic (exact) mass is 412 g/mol. The number of thiazole rings is 1. The minimum Gasteiger partial charge on any atom is -0.405 e. The average molecular weight is 412 g/mol. The molecule has 11 heteroatoms. The fraction of sp³-hybridized carbons (Fsp3) is 0.222. The molecule has 3 N–H and O–H groups in total. The van der Waals surface area contributed by atoms with Gasteiger partial charge in [0.25, 0.3) is 0 Å². The molecule has 0 bridgehead atoms. The Morgan fingerprint density at radius 1 is 1.45 bits per heavy atom. The number of aldehydes is 1. The predicted octanol–water partition coefficient (Wildman–Crippen LogP) is 1.32. The highest BCUT2D eigenvalue weighted by Gasteiger charge is 2.22. The van der Waals surface area contributed by atoms with Crippen LogP contribution in [-0.4, -0.2) is 55.4 Å². The molecule has 0 saturated carbocycles. The van der Waals surface area contributed by atoms with E-state index in [-0.39, 0.29) is 10.7 Å². The summed E-state index contributed by atoms with van der Waals surface area (Å²) in [6.07, 6.45) is 6.50. The lowest BCUT2D eigenvalue weighted by Crippen LogP contribution is -2.12. The molecule has 29 heavy (non-hydrogen) atoms. The van der Waals surface area contributed by atoms with Gasteiger partial charge >= 0.3 is 0 Å². The van der Waals surface area contributed by atoms with Crippen molar-refractivity contribution in [1.29, 1.82) is 5.41 Å². The first-order valence-electron chi connectivity index (χ1n) is 8.55. The summed E-state index contributed by atoms with van der Waals surface area (Å²) in [6.45, 7) is 0.499. The summed E-state index contributed by atoms with van der Waals surface area (Å²) in [4.78, 5) is 28.3. The highest BCUT2D eigenvalue weighted by molar-refractivity contribution is 7.21. The molecule has 0 spiro atoms. The van der Waals surface area contributed by atoms with Crippen LogP contribution in [0.25, 0.3) is 10.3 Å². The van der Waals surface area contributed by atoms with Gasteiger partial charge in [-0.05, 0) is 18.3 Å². The highest BCUT2D eigenvalue weighted by atomic mass is 32.1. The van der Waals surface area contributed by atoms with Crippen LogP contribution in [0.3, 0.4) is 0 Å². The smallest absolute Gasteiger partial charge is 0.239 e. The molecule has 10 nitrogen and oxygen atoms in total. The average Bonchev–Trinajstić information content (AvgIpc) is 3.35. The van der Waals surface area contributed by atoms with E-state index < -0.39 is 5.78 Å². The first-order chi connectivity index (χ1) is 13.8. The number of hydrogen-bond acceptors (Lipinski definition) is 9.